The Morgan fingerprint density at radius 3 is 3.00 bits per heavy atom. The van der Waals surface area contributed by atoms with Crippen molar-refractivity contribution in [2.75, 3.05) is 6.61 Å². The van der Waals surface area contributed by atoms with Gasteiger partial charge < -0.3 is 14.3 Å². The summed E-state index contributed by atoms with van der Waals surface area (Å²) in [5, 5.41) is 8.68. The third kappa shape index (κ3) is 2.74. The van der Waals surface area contributed by atoms with Crippen molar-refractivity contribution in [2.45, 2.75) is 13.5 Å². The van der Waals surface area contributed by atoms with Gasteiger partial charge in [-0.3, -0.25) is 4.79 Å². The lowest BCUT2D eigenvalue weighted by molar-refractivity contribution is 0.239. The zero-order valence-electron chi connectivity index (χ0n) is 7.90. The second-order valence-corrected chi connectivity index (χ2v) is 2.61. The first-order valence-corrected chi connectivity index (χ1v) is 4.24. The molecule has 1 N–H and O–H groups in total. The van der Waals surface area contributed by atoms with Crippen molar-refractivity contribution in [1.82, 2.24) is 0 Å². The van der Waals surface area contributed by atoms with Crippen LogP contribution in [0.25, 0.3) is 0 Å². The first kappa shape index (κ1) is 10.5. The van der Waals surface area contributed by atoms with Crippen molar-refractivity contribution in [1.29, 1.82) is 0 Å². The SMILES string of the molecule is CC=CCOc1coc(CO)cc1=O. The molecule has 1 aromatic heterocycles. The number of hydrogen-bond donors (Lipinski definition) is 1. The highest BCUT2D eigenvalue weighted by Crippen LogP contribution is 2.05. The van der Waals surface area contributed by atoms with Gasteiger partial charge >= 0.3 is 0 Å². The van der Waals surface area contributed by atoms with Gasteiger partial charge in [-0.25, -0.2) is 0 Å². The van der Waals surface area contributed by atoms with Crippen LogP contribution in [0.3, 0.4) is 0 Å². The van der Waals surface area contributed by atoms with Crippen LogP contribution in [0.15, 0.2) is 33.7 Å². The summed E-state index contributed by atoms with van der Waals surface area (Å²) in [5.74, 6) is 0.383. The highest BCUT2D eigenvalue weighted by molar-refractivity contribution is 5.17. The Kier molecular flexibility index (Phi) is 3.94. The molecule has 14 heavy (non-hydrogen) atoms. The summed E-state index contributed by atoms with van der Waals surface area (Å²) >= 11 is 0. The summed E-state index contributed by atoms with van der Waals surface area (Å²) < 4.78 is 10.0. The Morgan fingerprint density at radius 2 is 2.43 bits per heavy atom. The zero-order chi connectivity index (χ0) is 10.4. The Labute approximate surface area is 81.4 Å². The predicted molar refractivity (Wildman–Crippen MR) is 51.2 cm³/mol. The fourth-order valence-electron chi connectivity index (χ4n) is 0.861. The Hall–Kier alpha value is -1.55. The molecule has 0 fully saturated rings. The van der Waals surface area contributed by atoms with Gasteiger partial charge in [0.25, 0.3) is 0 Å². The van der Waals surface area contributed by atoms with Crippen LogP contribution >= 0.6 is 0 Å². The molecule has 0 amide bonds. The molecule has 0 saturated heterocycles. The normalized spacial score (nSPS) is 10.7. The van der Waals surface area contributed by atoms with E-state index >= 15 is 0 Å². The van der Waals surface area contributed by atoms with Crippen LogP contribution in [0.5, 0.6) is 5.75 Å². The summed E-state index contributed by atoms with van der Waals surface area (Å²) in [4.78, 5) is 11.3. The van der Waals surface area contributed by atoms with E-state index in [1.807, 2.05) is 13.0 Å². The quantitative estimate of drug-likeness (QED) is 0.732. The monoisotopic (exact) mass is 196 g/mol. The third-order valence-electron chi connectivity index (χ3n) is 1.58. The number of allylic oxidation sites excluding steroid dienone is 1. The summed E-state index contributed by atoms with van der Waals surface area (Å²) in [6, 6.07) is 1.21. The molecular weight excluding hydrogens is 184 g/mol. The maximum Gasteiger partial charge on any atom is 0.227 e. The molecule has 0 radical (unpaired) electrons. The van der Waals surface area contributed by atoms with Crippen molar-refractivity contribution in [2.24, 2.45) is 0 Å². The Balaban J connectivity index is 2.74. The van der Waals surface area contributed by atoms with Crippen molar-refractivity contribution in [3.8, 4) is 5.75 Å². The molecule has 0 spiro atoms. The van der Waals surface area contributed by atoms with Gasteiger partial charge in [-0.2, -0.15) is 0 Å². The molecule has 0 atom stereocenters. The molecule has 1 rings (SSSR count). The van der Waals surface area contributed by atoms with Gasteiger partial charge in [-0.15, -0.1) is 0 Å². The fourth-order valence-corrected chi connectivity index (χ4v) is 0.861. The number of aliphatic hydroxyl groups excluding tert-OH is 1. The Morgan fingerprint density at radius 1 is 1.64 bits per heavy atom. The minimum Gasteiger partial charge on any atom is -0.482 e. The maximum atomic E-state index is 11.3. The van der Waals surface area contributed by atoms with Crippen molar-refractivity contribution < 1.29 is 14.3 Å². The lowest BCUT2D eigenvalue weighted by atomic mass is 10.4. The summed E-state index contributed by atoms with van der Waals surface area (Å²) in [5.41, 5.74) is -0.287. The summed E-state index contributed by atoms with van der Waals surface area (Å²) in [7, 11) is 0. The largest absolute Gasteiger partial charge is 0.482 e. The van der Waals surface area contributed by atoms with Crippen LogP contribution < -0.4 is 10.2 Å². The number of aliphatic hydroxyl groups is 1. The second kappa shape index (κ2) is 5.24. The van der Waals surface area contributed by atoms with Crippen molar-refractivity contribution in [3.63, 3.8) is 0 Å². The standard InChI is InChI=1S/C10H12O4/c1-2-3-4-13-10-7-14-8(6-11)5-9(10)12/h2-3,5,7,11H,4,6H2,1H3. The van der Waals surface area contributed by atoms with Crippen LogP contribution in [-0.4, -0.2) is 11.7 Å². The summed E-state index contributed by atoms with van der Waals surface area (Å²) in [6.07, 6.45) is 4.81. The molecule has 0 aromatic carbocycles. The molecule has 0 bridgehead atoms. The van der Waals surface area contributed by atoms with Gasteiger partial charge in [0, 0.05) is 6.07 Å². The van der Waals surface area contributed by atoms with Crippen molar-refractivity contribution >= 4 is 0 Å². The lowest BCUT2D eigenvalue weighted by Crippen LogP contribution is -2.07. The highest BCUT2D eigenvalue weighted by atomic mass is 16.5. The molecule has 0 unspecified atom stereocenters. The van der Waals surface area contributed by atoms with Gasteiger partial charge in [0.2, 0.25) is 11.2 Å². The highest BCUT2D eigenvalue weighted by Gasteiger charge is 2.02. The van der Waals surface area contributed by atoms with E-state index in [2.05, 4.69) is 0 Å². The minimum atomic E-state index is -0.287. The van der Waals surface area contributed by atoms with Crippen LogP contribution in [0.2, 0.25) is 0 Å². The van der Waals surface area contributed by atoms with E-state index in [0.717, 1.165) is 0 Å². The molecule has 4 heteroatoms. The van der Waals surface area contributed by atoms with Crippen molar-refractivity contribution in [3.05, 3.63) is 40.5 Å². The average Bonchev–Trinajstić information content (AvgIpc) is 2.20. The number of rotatable bonds is 4. The van der Waals surface area contributed by atoms with Gasteiger partial charge in [0.1, 0.15) is 25.2 Å². The van der Waals surface area contributed by atoms with E-state index < -0.39 is 0 Å². The topological polar surface area (TPSA) is 59.7 Å². The first-order valence-electron chi connectivity index (χ1n) is 4.24. The van der Waals surface area contributed by atoms with Gasteiger partial charge in [-0.05, 0) is 6.92 Å². The van der Waals surface area contributed by atoms with Crippen LogP contribution in [0, 0.1) is 0 Å². The van der Waals surface area contributed by atoms with Crippen LogP contribution in [0.1, 0.15) is 12.7 Å². The predicted octanol–water partition coefficient (Wildman–Crippen LogP) is 1.09. The molecule has 1 aromatic rings. The third-order valence-corrected chi connectivity index (χ3v) is 1.58. The van der Waals surface area contributed by atoms with E-state index in [1.54, 1.807) is 6.08 Å². The lowest BCUT2D eigenvalue weighted by Gasteiger charge is -2.01. The van der Waals surface area contributed by atoms with E-state index in [1.165, 1.54) is 12.3 Å². The van der Waals surface area contributed by atoms with E-state index in [0.29, 0.717) is 6.61 Å². The van der Waals surface area contributed by atoms with Gasteiger partial charge in [0.05, 0.1) is 0 Å². The molecule has 0 aliphatic rings. The smallest absolute Gasteiger partial charge is 0.227 e. The van der Waals surface area contributed by atoms with E-state index in [-0.39, 0.29) is 23.5 Å². The molecule has 1 heterocycles. The Bertz CT molecular complexity index is 365. The molecule has 4 nitrogen and oxygen atoms in total. The molecule has 0 aliphatic carbocycles. The fraction of sp³-hybridized carbons (Fsp3) is 0.300. The van der Waals surface area contributed by atoms with Gasteiger partial charge in [0.15, 0.2) is 0 Å². The first-order chi connectivity index (χ1) is 6.77. The average molecular weight is 196 g/mol. The zero-order valence-corrected chi connectivity index (χ0v) is 7.90. The van der Waals surface area contributed by atoms with Crippen LogP contribution in [-0.2, 0) is 6.61 Å². The molecular formula is C10H12O4. The number of hydrogen-bond acceptors (Lipinski definition) is 4. The van der Waals surface area contributed by atoms with E-state index in [4.69, 9.17) is 14.3 Å². The minimum absolute atomic E-state index is 0.153. The van der Waals surface area contributed by atoms with Crippen LogP contribution in [0.4, 0.5) is 0 Å². The second-order valence-electron chi connectivity index (χ2n) is 2.61. The summed E-state index contributed by atoms with van der Waals surface area (Å²) in [6.45, 7) is 1.91. The number of ether oxygens (including phenoxy) is 1. The van der Waals surface area contributed by atoms with Gasteiger partial charge in [-0.1, -0.05) is 12.2 Å². The molecule has 76 valence electrons. The van der Waals surface area contributed by atoms with E-state index in [9.17, 15) is 4.79 Å². The molecule has 0 aliphatic heterocycles. The molecule has 0 saturated carbocycles. The maximum absolute atomic E-state index is 11.3.